The van der Waals surface area contributed by atoms with Gasteiger partial charge in [-0.1, -0.05) is 22.0 Å². The van der Waals surface area contributed by atoms with Crippen molar-refractivity contribution in [2.24, 2.45) is 0 Å². The van der Waals surface area contributed by atoms with Crippen molar-refractivity contribution in [3.05, 3.63) is 34.1 Å². The van der Waals surface area contributed by atoms with Crippen LogP contribution in [0.25, 0.3) is 0 Å². The first-order valence-electron chi connectivity index (χ1n) is 5.95. The van der Waals surface area contributed by atoms with E-state index in [1.807, 2.05) is 13.1 Å². The summed E-state index contributed by atoms with van der Waals surface area (Å²) in [4.78, 5) is 2.18. The van der Waals surface area contributed by atoms with Gasteiger partial charge in [0.1, 0.15) is 5.82 Å². The van der Waals surface area contributed by atoms with Gasteiger partial charge in [-0.15, -0.1) is 0 Å². The number of likely N-dealkylation sites (N-methyl/N-ethyl adjacent to an activating group) is 1. The third-order valence-corrected chi connectivity index (χ3v) is 3.17. The minimum Gasteiger partial charge on any atom is -0.383 e. The molecule has 0 fully saturated rings. The predicted molar refractivity (Wildman–Crippen MR) is 75.2 cm³/mol. The first-order chi connectivity index (χ1) is 8.63. The highest BCUT2D eigenvalue weighted by molar-refractivity contribution is 9.10. The summed E-state index contributed by atoms with van der Waals surface area (Å²) in [7, 11) is 3.74. The maximum absolute atomic E-state index is 13.5. The Hall–Kier alpha value is -0.490. The van der Waals surface area contributed by atoms with Crippen molar-refractivity contribution in [2.75, 3.05) is 40.4 Å². The minimum absolute atomic E-state index is 0.176. The normalized spacial score (nSPS) is 11.2. The van der Waals surface area contributed by atoms with Gasteiger partial charge in [-0.25, -0.2) is 4.39 Å². The second-order valence-electron chi connectivity index (χ2n) is 4.21. The summed E-state index contributed by atoms with van der Waals surface area (Å²) >= 11 is 3.24. The number of hydrogen-bond donors (Lipinski definition) is 1. The highest BCUT2D eigenvalue weighted by Crippen LogP contribution is 2.14. The van der Waals surface area contributed by atoms with E-state index >= 15 is 0 Å². The summed E-state index contributed by atoms with van der Waals surface area (Å²) in [5.41, 5.74) is 0.692. The quantitative estimate of drug-likeness (QED) is 0.744. The standard InChI is InChI=1S/C13H20BrFN2O/c1-17(7-8-18-2)6-5-16-10-11-3-4-12(14)9-13(11)15/h3-4,9,16H,5-8,10H2,1-2H3. The van der Waals surface area contributed by atoms with Crippen molar-refractivity contribution in [3.63, 3.8) is 0 Å². The Morgan fingerprint density at radius 2 is 2.17 bits per heavy atom. The molecule has 18 heavy (non-hydrogen) atoms. The highest BCUT2D eigenvalue weighted by atomic mass is 79.9. The molecule has 0 aliphatic carbocycles. The molecule has 0 bridgehead atoms. The maximum atomic E-state index is 13.5. The van der Waals surface area contributed by atoms with Crippen LogP contribution < -0.4 is 5.32 Å². The SMILES string of the molecule is COCCN(C)CCNCc1ccc(Br)cc1F. The molecule has 1 rings (SSSR count). The molecular formula is C13H20BrFN2O. The Bertz CT molecular complexity index is 363. The highest BCUT2D eigenvalue weighted by Gasteiger charge is 2.02. The molecule has 5 heteroatoms. The van der Waals surface area contributed by atoms with E-state index in [1.54, 1.807) is 13.2 Å². The Morgan fingerprint density at radius 1 is 1.39 bits per heavy atom. The smallest absolute Gasteiger partial charge is 0.128 e. The van der Waals surface area contributed by atoms with Gasteiger partial charge in [-0.2, -0.15) is 0 Å². The fourth-order valence-electron chi connectivity index (χ4n) is 1.52. The van der Waals surface area contributed by atoms with Crippen LogP contribution >= 0.6 is 15.9 Å². The summed E-state index contributed by atoms with van der Waals surface area (Å²) in [6.07, 6.45) is 0. The van der Waals surface area contributed by atoms with Crippen LogP contribution in [0.4, 0.5) is 4.39 Å². The lowest BCUT2D eigenvalue weighted by molar-refractivity contribution is 0.161. The summed E-state index contributed by atoms with van der Waals surface area (Å²) in [5, 5.41) is 3.23. The Labute approximate surface area is 116 Å². The molecule has 3 nitrogen and oxygen atoms in total. The third kappa shape index (κ3) is 5.91. The monoisotopic (exact) mass is 318 g/mol. The van der Waals surface area contributed by atoms with Crippen molar-refractivity contribution < 1.29 is 9.13 Å². The minimum atomic E-state index is -0.176. The van der Waals surface area contributed by atoms with E-state index in [0.29, 0.717) is 12.1 Å². The molecule has 102 valence electrons. The lowest BCUT2D eigenvalue weighted by Crippen LogP contribution is -2.31. The number of hydrogen-bond acceptors (Lipinski definition) is 3. The van der Waals surface area contributed by atoms with Crippen LogP contribution in [0.5, 0.6) is 0 Å². The summed E-state index contributed by atoms with van der Waals surface area (Å²) in [6.45, 7) is 3.94. The van der Waals surface area contributed by atoms with Crippen LogP contribution in [0.2, 0.25) is 0 Å². The second kappa shape index (κ2) is 8.58. The number of halogens is 2. The number of ether oxygens (including phenoxy) is 1. The number of nitrogens with zero attached hydrogens (tertiary/aromatic N) is 1. The molecule has 0 aliphatic rings. The van der Waals surface area contributed by atoms with E-state index in [0.717, 1.165) is 30.7 Å². The van der Waals surface area contributed by atoms with Crippen molar-refractivity contribution in [1.29, 1.82) is 0 Å². The average Bonchev–Trinajstić information content (AvgIpc) is 2.34. The Morgan fingerprint density at radius 3 is 2.83 bits per heavy atom. The van der Waals surface area contributed by atoms with E-state index in [-0.39, 0.29) is 5.82 Å². The number of benzene rings is 1. The fraction of sp³-hybridized carbons (Fsp3) is 0.538. The molecular weight excluding hydrogens is 299 g/mol. The fourth-order valence-corrected chi connectivity index (χ4v) is 1.85. The van der Waals surface area contributed by atoms with Crippen LogP contribution in [0, 0.1) is 5.82 Å². The predicted octanol–water partition coefficient (Wildman–Crippen LogP) is 2.26. The van der Waals surface area contributed by atoms with Crippen LogP contribution in [0.3, 0.4) is 0 Å². The average molecular weight is 319 g/mol. The summed E-state index contributed by atoms with van der Waals surface area (Å²) in [5.74, 6) is -0.176. The van der Waals surface area contributed by atoms with Crippen LogP contribution in [0.1, 0.15) is 5.56 Å². The molecule has 0 aliphatic heterocycles. The molecule has 0 radical (unpaired) electrons. The zero-order valence-corrected chi connectivity index (χ0v) is 12.5. The van der Waals surface area contributed by atoms with Crippen LogP contribution in [-0.4, -0.2) is 45.3 Å². The van der Waals surface area contributed by atoms with Gasteiger partial charge in [-0.3, -0.25) is 0 Å². The van der Waals surface area contributed by atoms with Crippen molar-refractivity contribution in [1.82, 2.24) is 10.2 Å². The van der Waals surface area contributed by atoms with Crippen molar-refractivity contribution >= 4 is 15.9 Å². The third-order valence-electron chi connectivity index (χ3n) is 2.68. The molecule has 1 aromatic carbocycles. The second-order valence-corrected chi connectivity index (χ2v) is 5.12. The van der Waals surface area contributed by atoms with Gasteiger partial charge in [0.15, 0.2) is 0 Å². The molecule has 0 saturated carbocycles. The van der Waals surface area contributed by atoms with E-state index in [1.165, 1.54) is 6.07 Å². The van der Waals surface area contributed by atoms with Crippen LogP contribution in [-0.2, 0) is 11.3 Å². The van der Waals surface area contributed by atoms with Gasteiger partial charge in [0, 0.05) is 43.3 Å². The van der Waals surface area contributed by atoms with Gasteiger partial charge in [0.05, 0.1) is 6.61 Å². The lowest BCUT2D eigenvalue weighted by Gasteiger charge is -2.16. The van der Waals surface area contributed by atoms with E-state index in [4.69, 9.17) is 4.74 Å². The molecule has 0 aromatic heterocycles. The molecule has 0 spiro atoms. The van der Waals surface area contributed by atoms with Gasteiger partial charge in [-0.05, 0) is 19.2 Å². The molecule has 0 heterocycles. The first-order valence-corrected chi connectivity index (χ1v) is 6.75. The van der Waals surface area contributed by atoms with Crippen molar-refractivity contribution in [3.8, 4) is 0 Å². The van der Waals surface area contributed by atoms with Gasteiger partial charge in [0.2, 0.25) is 0 Å². The van der Waals surface area contributed by atoms with E-state index in [9.17, 15) is 4.39 Å². The molecule has 0 amide bonds. The van der Waals surface area contributed by atoms with Crippen molar-refractivity contribution in [2.45, 2.75) is 6.54 Å². The largest absolute Gasteiger partial charge is 0.383 e. The molecule has 1 aromatic rings. The Balaban J connectivity index is 2.21. The van der Waals surface area contributed by atoms with E-state index in [2.05, 4.69) is 26.1 Å². The van der Waals surface area contributed by atoms with Gasteiger partial charge < -0.3 is 15.0 Å². The summed E-state index contributed by atoms with van der Waals surface area (Å²) in [6, 6.07) is 5.13. The maximum Gasteiger partial charge on any atom is 0.128 e. The topological polar surface area (TPSA) is 24.5 Å². The Kier molecular flexibility index (Phi) is 7.42. The zero-order valence-electron chi connectivity index (χ0n) is 10.9. The zero-order chi connectivity index (χ0) is 13.4. The van der Waals surface area contributed by atoms with E-state index < -0.39 is 0 Å². The molecule has 1 N–H and O–H groups in total. The number of nitrogens with one attached hydrogen (secondary N) is 1. The van der Waals surface area contributed by atoms with Gasteiger partial charge in [0.25, 0.3) is 0 Å². The first kappa shape index (κ1) is 15.6. The molecule has 0 unspecified atom stereocenters. The van der Waals surface area contributed by atoms with Crippen LogP contribution in [0.15, 0.2) is 22.7 Å². The summed E-state index contributed by atoms with van der Waals surface area (Å²) < 4.78 is 19.3. The lowest BCUT2D eigenvalue weighted by atomic mass is 10.2. The number of rotatable bonds is 8. The number of methoxy groups -OCH3 is 1. The molecule has 0 saturated heterocycles. The van der Waals surface area contributed by atoms with Gasteiger partial charge >= 0.3 is 0 Å². The molecule has 0 atom stereocenters.